The number of carbonyl (C=O) groups is 2. The van der Waals surface area contributed by atoms with Gasteiger partial charge in [0.15, 0.2) is 5.78 Å². The highest BCUT2D eigenvalue weighted by atomic mass is 32.2. The molecule has 0 unspecified atom stereocenters. The molecule has 3 aromatic rings. The van der Waals surface area contributed by atoms with E-state index in [1.165, 1.54) is 11.2 Å². The zero-order valence-electron chi connectivity index (χ0n) is 18.8. The highest BCUT2D eigenvalue weighted by molar-refractivity contribution is 7.89. The van der Waals surface area contributed by atoms with E-state index in [0.29, 0.717) is 42.1 Å². The number of sulfonamides is 1. The number of hydrogen-bond acceptors (Lipinski definition) is 5. The molecule has 2 aromatic carbocycles. The first-order valence-corrected chi connectivity index (χ1v) is 12.0. The maximum Gasteiger partial charge on any atom is 0.243 e. The molecule has 32 heavy (non-hydrogen) atoms. The number of aromatic nitrogens is 2. The molecule has 1 heterocycles. The molecule has 0 aliphatic rings. The largest absolute Gasteiger partial charge is 0.331 e. The molecule has 0 saturated carbocycles. The number of nitrogens with one attached hydrogen (secondary N) is 1. The summed E-state index contributed by atoms with van der Waals surface area (Å²) >= 11 is 0. The molecule has 0 aliphatic heterocycles. The fraction of sp³-hybridized carbons (Fsp3) is 0.348. The van der Waals surface area contributed by atoms with E-state index in [0.717, 1.165) is 5.52 Å². The van der Waals surface area contributed by atoms with Crippen LogP contribution >= 0.6 is 0 Å². The number of imidazole rings is 1. The van der Waals surface area contributed by atoms with Crippen molar-refractivity contribution in [1.29, 1.82) is 0 Å². The predicted octanol–water partition coefficient (Wildman–Crippen LogP) is 3.38. The number of hydrogen-bond donors (Lipinski definition) is 1. The maximum absolute atomic E-state index is 12.8. The Labute approximate surface area is 188 Å². The average Bonchev–Trinajstić information content (AvgIpc) is 3.08. The first-order valence-electron chi connectivity index (χ1n) is 10.5. The second-order valence-electron chi connectivity index (χ2n) is 7.51. The minimum atomic E-state index is -3.57. The van der Waals surface area contributed by atoms with Gasteiger partial charge in [-0.15, -0.1) is 0 Å². The topological polar surface area (TPSA) is 101 Å². The van der Waals surface area contributed by atoms with Gasteiger partial charge in [0, 0.05) is 44.2 Å². The van der Waals surface area contributed by atoms with E-state index in [-0.39, 0.29) is 23.0 Å². The Bertz CT molecular complexity index is 1240. The normalized spacial score (nSPS) is 11.8. The Morgan fingerprint density at radius 1 is 1.06 bits per heavy atom. The molecule has 9 heteroatoms. The molecule has 1 aromatic heterocycles. The van der Waals surface area contributed by atoms with Crippen LogP contribution in [0.2, 0.25) is 0 Å². The highest BCUT2D eigenvalue weighted by Crippen LogP contribution is 2.23. The van der Waals surface area contributed by atoms with Crippen LogP contribution in [0.25, 0.3) is 11.0 Å². The van der Waals surface area contributed by atoms with Gasteiger partial charge in [0.2, 0.25) is 15.9 Å². The van der Waals surface area contributed by atoms with Crippen LogP contribution in [0.5, 0.6) is 0 Å². The summed E-state index contributed by atoms with van der Waals surface area (Å²) in [5.41, 5.74) is 2.59. The zero-order chi connectivity index (χ0) is 23.5. The summed E-state index contributed by atoms with van der Waals surface area (Å²) < 4.78 is 28.9. The predicted molar refractivity (Wildman–Crippen MR) is 124 cm³/mol. The number of rotatable bonds is 9. The van der Waals surface area contributed by atoms with Gasteiger partial charge in [0.05, 0.1) is 15.9 Å². The van der Waals surface area contributed by atoms with E-state index in [4.69, 9.17) is 0 Å². The summed E-state index contributed by atoms with van der Waals surface area (Å²) in [6, 6.07) is 11.7. The van der Waals surface area contributed by atoms with Crippen molar-refractivity contribution in [1.82, 2.24) is 13.9 Å². The lowest BCUT2D eigenvalue weighted by Crippen LogP contribution is -2.30. The molecule has 1 amide bonds. The maximum atomic E-state index is 12.8. The summed E-state index contributed by atoms with van der Waals surface area (Å²) in [7, 11) is -1.72. The molecule has 8 nitrogen and oxygen atoms in total. The molecule has 0 spiro atoms. The van der Waals surface area contributed by atoms with Gasteiger partial charge < -0.3 is 9.88 Å². The Hall–Kier alpha value is -3.04. The van der Waals surface area contributed by atoms with Crippen LogP contribution in [0.4, 0.5) is 5.69 Å². The number of nitrogens with zero attached hydrogens (tertiary/aromatic N) is 3. The number of fused-ring (bicyclic) bond motifs is 1. The third kappa shape index (κ3) is 4.89. The molecule has 0 fully saturated rings. The van der Waals surface area contributed by atoms with E-state index < -0.39 is 10.0 Å². The van der Waals surface area contributed by atoms with Crippen LogP contribution < -0.4 is 5.32 Å². The third-order valence-corrected chi connectivity index (χ3v) is 7.48. The van der Waals surface area contributed by atoms with Crippen LogP contribution in [-0.4, -0.2) is 47.1 Å². The fourth-order valence-electron chi connectivity index (χ4n) is 3.56. The third-order valence-electron chi connectivity index (χ3n) is 5.44. The van der Waals surface area contributed by atoms with Crippen molar-refractivity contribution in [3.63, 3.8) is 0 Å². The summed E-state index contributed by atoms with van der Waals surface area (Å²) in [6.07, 6.45) is 0.622. The van der Waals surface area contributed by atoms with Gasteiger partial charge in [0.25, 0.3) is 0 Å². The molecule has 0 saturated heterocycles. The van der Waals surface area contributed by atoms with E-state index in [1.54, 1.807) is 56.3 Å². The van der Waals surface area contributed by atoms with Crippen molar-refractivity contribution < 1.29 is 18.0 Å². The summed E-state index contributed by atoms with van der Waals surface area (Å²) in [5.74, 6) is 0.495. The molecule has 0 atom stereocenters. The van der Waals surface area contributed by atoms with Gasteiger partial charge >= 0.3 is 0 Å². The SMILES string of the molecule is CCN(CC)S(=O)(=O)c1ccc2c(c1)nc(CCC(=O)Nc1ccc(C(C)=O)cc1)n2C. The van der Waals surface area contributed by atoms with E-state index >= 15 is 0 Å². The molecule has 170 valence electrons. The Morgan fingerprint density at radius 3 is 2.31 bits per heavy atom. The molecule has 0 radical (unpaired) electrons. The van der Waals surface area contributed by atoms with Gasteiger partial charge in [0.1, 0.15) is 5.82 Å². The Kier molecular flexibility index (Phi) is 7.10. The number of benzene rings is 2. The number of aryl methyl sites for hydroxylation is 2. The van der Waals surface area contributed by atoms with Crippen LogP contribution in [0.1, 0.15) is 43.4 Å². The van der Waals surface area contributed by atoms with E-state index in [1.807, 2.05) is 11.6 Å². The first-order chi connectivity index (χ1) is 15.2. The molecule has 0 aliphatic carbocycles. The van der Waals surface area contributed by atoms with Gasteiger partial charge in [-0.25, -0.2) is 13.4 Å². The lowest BCUT2D eigenvalue weighted by molar-refractivity contribution is -0.116. The lowest BCUT2D eigenvalue weighted by atomic mass is 10.1. The highest BCUT2D eigenvalue weighted by Gasteiger charge is 2.22. The molecule has 1 N–H and O–H groups in total. The van der Waals surface area contributed by atoms with Gasteiger partial charge in [-0.3, -0.25) is 9.59 Å². The molecular formula is C23H28N4O4S. The average molecular weight is 457 g/mol. The van der Waals surface area contributed by atoms with Crippen molar-refractivity contribution in [3.8, 4) is 0 Å². The number of Topliss-reactive ketones (excluding diaryl/α,β-unsaturated/α-hetero) is 1. The van der Waals surface area contributed by atoms with Crippen molar-refractivity contribution in [2.75, 3.05) is 18.4 Å². The van der Waals surface area contributed by atoms with Gasteiger partial charge in [-0.2, -0.15) is 4.31 Å². The van der Waals surface area contributed by atoms with Crippen molar-refractivity contribution >= 4 is 38.4 Å². The summed E-state index contributed by atoms with van der Waals surface area (Å²) in [4.78, 5) is 28.5. The monoisotopic (exact) mass is 456 g/mol. The molecule has 3 rings (SSSR count). The number of carbonyl (C=O) groups excluding carboxylic acids is 2. The van der Waals surface area contributed by atoms with E-state index in [2.05, 4.69) is 10.3 Å². The van der Waals surface area contributed by atoms with Crippen LogP contribution in [0.15, 0.2) is 47.4 Å². The lowest BCUT2D eigenvalue weighted by Gasteiger charge is -2.18. The fourth-order valence-corrected chi connectivity index (χ4v) is 5.04. The number of ketones is 1. The zero-order valence-corrected chi connectivity index (χ0v) is 19.6. The van der Waals surface area contributed by atoms with Gasteiger partial charge in [-0.05, 0) is 49.4 Å². The van der Waals surface area contributed by atoms with Crippen LogP contribution in [-0.2, 0) is 28.3 Å². The minimum absolute atomic E-state index is 0.0298. The molecule has 0 bridgehead atoms. The summed E-state index contributed by atoms with van der Waals surface area (Å²) in [5, 5.41) is 2.81. The van der Waals surface area contributed by atoms with Crippen LogP contribution in [0, 0.1) is 0 Å². The van der Waals surface area contributed by atoms with E-state index in [9.17, 15) is 18.0 Å². The quantitative estimate of drug-likeness (QED) is 0.498. The Balaban J connectivity index is 1.73. The minimum Gasteiger partial charge on any atom is -0.331 e. The number of amides is 1. The Morgan fingerprint density at radius 2 is 1.72 bits per heavy atom. The first kappa shape index (κ1) is 23.6. The molecular weight excluding hydrogens is 428 g/mol. The number of anilines is 1. The second kappa shape index (κ2) is 9.62. The van der Waals surface area contributed by atoms with Crippen LogP contribution in [0.3, 0.4) is 0 Å². The standard InChI is InChI=1S/C23H28N4O4S/c1-5-27(6-2)32(30,31)19-11-12-21-20(15-19)25-22(26(21)4)13-14-23(29)24-18-9-7-17(8-10-18)16(3)28/h7-12,15H,5-6,13-14H2,1-4H3,(H,24,29). The van der Waals surface area contributed by atoms with Crippen molar-refractivity contribution in [2.45, 2.75) is 38.5 Å². The van der Waals surface area contributed by atoms with Crippen molar-refractivity contribution in [2.24, 2.45) is 7.05 Å². The second-order valence-corrected chi connectivity index (χ2v) is 9.45. The summed E-state index contributed by atoms with van der Waals surface area (Å²) in [6.45, 7) is 5.91. The van der Waals surface area contributed by atoms with Crippen molar-refractivity contribution in [3.05, 3.63) is 53.9 Å². The van der Waals surface area contributed by atoms with Gasteiger partial charge in [-0.1, -0.05) is 13.8 Å². The smallest absolute Gasteiger partial charge is 0.243 e.